The van der Waals surface area contributed by atoms with Crippen LogP contribution in [0.2, 0.25) is 0 Å². The van der Waals surface area contributed by atoms with Crippen LogP contribution in [-0.4, -0.2) is 40.9 Å². The van der Waals surface area contributed by atoms with Gasteiger partial charge in [0, 0.05) is 55.1 Å². The van der Waals surface area contributed by atoms with Gasteiger partial charge in [0.2, 0.25) is 11.9 Å². The molecule has 0 saturated carbocycles. The summed E-state index contributed by atoms with van der Waals surface area (Å²) in [6.07, 6.45) is 5.44. The molecule has 0 aliphatic carbocycles. The van der Waals surface area contributed by atoms with E-state index in [9.17, 15) is 18.0 Å². The number of pyridine rings is 1. The number of aromatic nitrogens is 3. The summed E-state index contributed by atoms with van der Waals surface area (Å²) in [5, 5.41) is 9.15. The lowest BCUT2D eigenvalue weighted by Crippen LogP contribution is -2.27. The Morgan fingerprint density at radius 3 is 2.82 bits per heavy atom. The Hall–Kier alpha value is -3.25. The fraction of sp³-hybridized carbons (Fsp3) is 0.273. The van der Waals surface area contributed by atoms with Crippen molar-refractivity contribution in [3.8, 4) is 0 Å². The van der Waals surface area contributed by atoms with E-state index in [1.165, 1.54) is 4.57 Å². The van der Waals surface area contributed by atoms with Crippen molar-refractivity contribution >= 4 is 54.8 Å². The van der Waals surface area contributed by atoms with Crippen LogP contribution in [0.15, 0.2) is 52.0 Å². The fourth-order valence-electron chi connectivity index (χ4n) is 3.48. The molecule has 1 aliphatic rings. The van der Waals surface area contributed by atoms with Crippen LogP contribution in [0.1, 0.15) is 17.5 Å². The SMILES string of the molecule is CS(=O)(=O)CCn1cccc(CNc2nc(Nc3ccc4c(c3)CCC(=O)N4)ncc2Br)c1=O. The van der Waals surface area contributed by atoms with Gasteiger partial charge in [0.05, 0.1) is 10.2 Å². The van der Waals surface area contributed by atoms with Gasteiger partial charge in [-0.15, -0.1) is 0 Å². The summed E-state index contributed by atoms with van der Waals surface area (Å²) in [7, 11) is -3.18. The van der Waals surface area contributed by atoms with Gasteiger partial charge in [-0.2, -0.15) is 4.98 Å². The molecule has 3 N–H and O–H groups in total. The van der Waals surface area contributed by atoms with Crippen LogP contribution in [0.4, 0.5) is 23.1 Å². The second kappa shape index (κ2) is 9.94. The lowest BCUT2D eigenvalue weighted by Gasteiger charge is -2.18. The number of benzene rings is 1. The first-order valence-corrected chi connectivity index (χ1v) is 13.4. The van der Waals surface area contributed by atoms with Crippen LogP contribution < -0.4 is 21.5 Å². The van der Waals surface area contributed by atoms with Crippen molar-refractivity contribution in [3.05, 3.63) is 68.7 Å². The predicted molar refractivity (Wildman–Crippen MR) is 134 cm³/mol. The molecule has 34 heavy (non-hydrogen) atoms. The fourth-order valence-corrected chi connectivity index (χ4v) is 4.34. The third-order valence-corrected chi connectivity index (χ3v) is 6.75. The molecule has 1 aliphatic heterocycles. The second-order valence-electron chi connectivity index (χ2n) is 7.95. The highest BCUT2D eigenvalue weighted by molar-refractivity contribution is 9.10. The van der Waals surface area contributed by atoms with E-state index in [1.807, 2.05) is 18.2 Å². The number of fused-ring (bicyclic) bond motifs is 1. The minimum Gasteiger partial charge on any atom is -0.365 e. The van der Waals surface area contributed by atoms with Crippen LogP contribution in [-0.2, 0) is 34.1 Å². The van der Waals surface area contributed by atoms with Crippen molar-refractivity contribution in [2.24, 2.45) is 0 Å². The van der Waals surface area contributed by atoms with Gasteiger partial charge in [-0.05, 0) is 52.2 Å². The van der Waals surface area contributed by atoms with Crippen molar-refractivity contribution in [1.82, 2.24) is 14.5 Å². The normalized spacial score (nSPS) is 13.2. The number of hydrogen-bond acceptors (Lipinski definition) is 8. The molecule has 0 unspecified atom stereocenters. The number of halogens is 1. The van der Waals surface area contributed by atoms with Gasteiger partial charge in [0.25, 0.3) is 5.56 Å². The van der Waals surface area contributed by atoms with Crippen molar-refractivity contribution in [1.29, 1.82) is 0 Å². The first-order chi connectivity index (χ1) is 16.2. The Kier molecular flexibility index (Phi) is 6.98. The van der Waals surface area contributed by atoms with E-state index in [-0.39, 0.29) is 30.3 Å². The van der Waals surface area contributed by atoms with E-state index in [0.29, 0.717) is 34.6 Å². The summed E-state index contributed by atoms with van der Waals surface area (Å²) in [5.41, 5.74) is 2.86. The molecule has 1 aromatic carbocycles. The monoisotopic (exact) mass is 546 g/mol. The summed E-state index contributed by atoms with van der Waals surface area (Å²) >= 11 is 3.42. The number of carbonyl (C=O) groups excluding carboxylic acids is 1. The lowest BCUT2D eigenvalue weighted by atomic mass is 10.0. The number of nitrogens with one attached hydrogen (secondary N) is 3. The highest BCUT2D eigenvalue weighted by Crippen LogP contribution is 2.27. The maximum absolute atomic E-state index is 12.7. The van der Waals surface area contributed by atoms with Gasteiger partial charge in [-0.1, -0.05) is 6.07 Å². The Labute approximate surface area is 204 Å². The van der Waals surface area contributed by atoms with Crippen molar-refractivity contribution in [3.63, 3.8) is 0 Å². The summed E-state index contributed by atoms with van der Waals surface area (Å²) < 4.78 is 24.9. The van der Waals surface area contributed by atoms with Gasteiger partial charge < -0.3 is 20.5 Å². The number of carbonyl (C=O) groups is 1. The Morgan fingerprint density at radius 1 is 1.21 bits per heavy atom. The minimum absolute atomic E-state index is 0.0146. The summed E-state index contributed by atoms with van der Waals surface area (Å²) in [6, 6.07) is 9.03. The maximum atomic E-state index is 12.7. The average molecular weight is 547 g/mol. The number of aryl methyl sites for hydroxylation is 2. The Balaban J connectivity index is 1.46. The van der Waals surface area contributed by atoms with E-state index in [1.54, 1.807) is 24.5 Å². The molecular weight excluding hydrogens is 524 g/mol. The molecule has 3 heterocycles. The van der Waals surface area contributed by atoms with E-state index in [0.717, 1.165) is 23.2 Å². The first kappa shape index (κ1) is 23.9. The van der Waals surface area contributed by atoms with Gasteiger partial charge >= 0.3 is 0 Å². The molecule has 0 radical (unpaired) electrons. The molecule has 3 aromatic rings. The molecule has 2 aromatic heterocycles. The highest BCUT2D eigenvalue weighted by Gasteiger charge is 2.15. The third kappa shape index (κ3) is 6.00. The van der Waals surface area contributed by atoms with Gasteiger partial charge in [-0.25, -0.2) is 13.4 Å². The van der Waals surface area contributed by atoms with Gasteiger partial charge in [0.15, 0.2) is 0 Å². The highest BCUT2D eigenvalue weighted by atomic mass is 79.9. The van der Waals surface area contributed by atoms with Crippen LogP contribution in [0.3, 0.4) is 0 Å². The van der Waals surface area contributed by atoms with Gasteiger partial charge in [0.1, 0.15) is 15.7 Å². The second-order valence-corrected chi connectivity index (χ2v) is 11.1. The van der Waals surface area contributed by atoms with Crippen LogP contribution >= 0.6 is 15.9 Å². The lowest BCUT2D eigenvalue weighted by molar-refractivity contribution is -0.116. The summed E-state index contributed by atoms with van der Waals surface area (Å²) in [5.74, 6) is 0.768. The van der Waals surface area contributed by atoms with Crippen LogP contribution in [0.25, 0.3) is 0 Å². The zero-order valence-electron chi connectivity index (χ0n) is 18.3. The Morgan fingerprint density at radius 2 is 2.03 bits per heavy atom. The minimum atomic E-state index is -3.18. The van der Waals surface area contributed by atoms with Gasteiger partial charge in [-0.3, -0.25) is 9.59 Å². The molecule has 0 spiro atoms. The number of nitrogens with zero attached hydrogens (tertiary/aromatic N) is 3. The predicted octanol–water partition coefficient (Wildman–Crippen LogP) is 2.69. The van der Waals surface area contributed by atoms with Crippen molar-refractivity contribution in [2.75, 3.05) is 28.0 Å². The first-order valence-electron chi connectivity index (χ1n) is 10.5. The van der Waals surface area contributed by atoms with E-state index in [2.05, 4.69) is 41.8 Å². The van der Waals surface area contributed by atoms with Crippen LogP contribution in [0, 0.1) is 0 Å². The topological polar surface area (TPSA) is 135 Å². The van der Waals surface area contributed by atoms with Crippen LogP contribution in [0.5, 0.6) is 0 Å². The summed E-state index contributed by atoms with van der Waals surface area (Å²) in [6.45, 7) is 0.299. The number of sulfone groups is 1. The molecule has 0 saturated heterocycles. The number of anilines is 4. The standard InChI is InChI=1S/C22H23BrN6O4S/c1-34(32,33)10-9-29-8-2-3-15(21(29)31)12-24-20-17(23)13-25-22(28-20)26-16-5-6-18-14(11-16)4-7-19(30)27-18/h2-3,5-6,8,11,13H,4,7,9-10,12H2,1H3,(H,27,30)(H2,24,25,26,28). The van der Waals surface area contributed by atoms with E-state index < -0.39 is 9.84 Å². The molecular formula is C22H23BrN6O4S. The van der Waals surface area contributed by atoms with E-state index in [4.69, 9.17) is 0 Å². The molecule has 0 bridgehead atoms. The zero-order valence-corrected chi connectivity index (χ0v) is 20.7. The van der Waals surface area contributed by atoms with Crippen molar-refractivity contribution < 1.29 is 13.2 Å². The number of rotatable bonds is 8. The van der Waals surface area contributed by atoms with E-state index >= 15 is 0 Å². The molecule has 0 fully saturated rings. The molecule has 178 valence electrons. The summed E-state index contributed by atoms with van der Waals surface area (Å²) in [4.78, 5) is 33.0. The molecule has 10 nitrogen and oxygen atoms in total. The Bertz CT molecular complexity index is 1410. The molecule has 12 heteroatoms. The largest absolute Gasteiger partial charge is 0.365 e. The smallest absolute Gasteiger partial charge is 0.255 e. The number of hydrogen-bond donors (Lipinski definition) is 3. The molecule has 1 amide bonds. The molecule has 4 rings (SSSR count). The zero-order chi connectivity index (χ0) is 24.3. The molecule has 0 atom stereocenters. The maximum Gasteiger partial charge on any atom is 0.255 e. The van der Waals surface area contributed by atoms with Crippen molar-refractivity contribution in [2.45, 2.75) is 25.9 Å². The number of amides is 1. The average Bonchev–Trinajstić information content (AvgIpc) is 2.79. The third-order valence-electron chi connectivity index (χ3n) is 5.25. The quantitative estimate of drug-likeness (QED) is 0.392.